The Morgan fingerprint density at radius 3 is 2.33 bits per heavy atom. The average molecular weight is 604 g/mol. The fourth-order valence-corrected chi connectivity index (χ4v) is 4.43. The van der Waals surface area contributed by atoms with Crippen molar-refractivity contribution in [2.24, 2.45) is 0 Å². The molecule has 0 spiro atoms. The van der Waals surface area contributed by atoms with Crippen LogP contribution in [0.4, 0.5) is 5.69 Å². The lowest BCUT2D eigenvalue weighted by Crippen LogP contribution is -2.54. The highest BCUT2D eigenvalue weighted by Crippen LogP contribution is 2.32. The molecule has 0 saturated carbocycles. The van der Waals surface area contributed by atoms with Crippen molar-refractivity contribution < 1.29 is 57.7 Å². The summed E-state index contributed by atoms with van der Waals surface area (Å²) in [5.41, 5.74) is 0.286. The predicted molar refractivity (Wildman–Crippen MR) is 145 cm³/mol. The van der Waals surface area contributed by atoms with E-state index in [4.69, 9.17) is 19.3 Å². The minimum absolute atomic E-state index is 0.0102. The number of ketones is 1. The topological polar surface area (TPSA) is 212 Å². The number of benzene rings is 1. The second kappa shape index (κ2) is 16.2. The minimum atomic E-state index is -1.59. The Balaban J connectivity index is 1.26. The number of nitrogens with one attached hydrogen (secondary N) is 2. The number of fused-ring (bicyclic) bond motifs is 1. The molecule has 0 aliphatic carbocycles. The number of amides is 5. The Morgan fingerprint density at radius 1 is 0.884 bits per heavy atom. The quantitative estimate of drug-likeness (QED) is 0.0911. The van der Waals surface area contributed by atoms with Crippen molar-refractivity contribution in [3.8, 4) is 0 Å². The summed E-state index contributed by atoms with van der Waals surface area (Å²) >= 11 is 0. The Labute approximate surface area is 246 Å². The van der Waals surface area contributed by atoms with Crippen LogP contribution in [-0.2, 0) is 43.0 Å². The number of ether oxygens (including phenoxy) is 3. The predicted octanol–water partition coefficient (Wildman–Crippen LogP) is 0.597. The Morgan fingerprint density at radius 2 is 1.60 bits per heavy atom. The summed E-state index contributed by atoms with van der Waals surface area (Å²) in [5, 5.41) is 13.3. The first-order chi connectivity index (χ1) is 20.6. The zero-order valence-corrected chi connectivity index (χ0v) is 23.4. The van der Waals surface area contributed by atoms with Crippen LogP contribution in [0.2, 0.25) is 0 Å². The molecule has 1 aromatic rings. The van der Waals surface area contributed by atoms with Crippen LogP contribution < -0.4 is 10.6 Å². The molecule has 232 valence electrons. The van der Waals surface area contributed by atoms with E-state index in [1.807, 2.05) is 0 Å². The van der Waals surface area contributed by atoms with E-state index >= 15 is 0 Å². The molecule has 1 aromatic carbocycles. The monoisotopic (exact) mass is 603 g/mol. The molecule has 0 bridgehead atoms. The summed E-state index contributed by atoms with van der Waals surface area (Å²) in [6.45, 7) is 1.10. The van der Waals surface area contributed by atoms with Crippen molar-refractivity contribution in [1.82, 2.24) is 10.2 Å². The number of hydrogen-bond acceptors (Lipinski definition) is 11. The van der Waals surface area contributed by atoms with Gasteiger partial charge in [0.2, 0.25) is 23.5 Å². The maximum absolute atomic E-state index is 13.1. The number of carbonyl (C=O) groups is 8. The molecule has 1 saturated heterocycles. The van der Waals surface area contributed by atoms with Gasteiger partial charge in [0.05, 0.1) is 43.1 Å². The Kier molecular flexibility index (Phi) is 12.5. The number of carboxylic acid groups (broad SMARTS) is 1. The second-order valence-corrected chi connectivity index (χ2v) is 9.71. The summed E-state index contributed by atoms with van der Waals surface area (Å²) in [5.74, 6) is -6.18. The number of unbranched alkanes of at least 4 members (excludes halogenated alkanes) is 2. The molecular weight excluding hydrogens is 570 g/mol. The lowest BCUT2D eigenvalue weighted by atomic mass is 10.0. The molecule has 15 nitrogen and oxygen atoms in total. The standard InChI is InChI=1S/C28H33N3O12/c32-20(28(39)40)9-11-23(35)43-16-15-42-14-13-41-12-3-1-2-7-21(33)29-18-6-4-5-17-24(18)27(38)31(26(17)37)19-8-10-22(34)30-25(19)36/h4-6,19H,1-3,7-16H2,(H,29,33)(H,39,40)(H,30,34,36). The van der Waals surface area contributed by atoms with Crippen molar-refractivity contribution in [2.45, 2.75) is 57.4 Å². The van der Waals surface area contributed by atoms with Gasteiger partial charge in [-0.15, -0.1) is 0 Å². The van der Waals surface area contributed by atoms with Gasteiger partial charge in [0.15, 0.2) is 0 Å². The van der Waals surface area contributed by atoms with Crippen LogP contribution in [0, 0.1) is 0 Å². The second-order valence-electron chi connectivity index (χ2n) is 9.71. The van der Waals surface area contributed by atoms with Crippen LogP contribution >= 0.6 is 0 Å². The maximum atomic E-state index is 13.1. The third-order valence-corrected chi connectivity index (χ3v) is 6.59. The van der Waals surface area contributed by atoms with Crippen LogP contribution in [-0.4, -0.2) is 96.3 Å². The maximum Gasteiger partial charge on any atom is 0.372 e. The molecule has 15 heteroatoms. The van der Waals surface area contributed by atoms with E-state index in [0.717, 1.165) is 4.90 Å². The van der Waals surface area contributed by atoms with E-state index in [1.165, 1.54) is 18.2 Å². The van der Waals surface area contributed by atoms with E-state index in [-0.39, 0.29) is 68.2 Å². The molecule has 0 aromatic heterocycles. The number of Topliss-reactive ketones (excluding diaryl/α,β-unsaturated/α-hetero) is 1. The Bertz CT molecular complexity index is 1280. The SMILES string of the molecule is O=C1CCC(N2C(=O)c3cccc(NC(=O)CCCCCOCCOCCOC(=O)CCC(=O)C(=O)O)c3C2=O)C(=O)N1. The smallest absolute Gasteiger partial charge is 0.372 e. The zero-order chi connectivity index (χ0) is 31.4. The summed E-state index contributed by atoms with van der Waals surface area (Å²) in [6, 6.07) is 3.41. The summed E-state index contributed by atoms with van der Waals surface area (Å²) in [6.07, 6.45) is 1.44. The van der Waals surface area contributed by atoms with Crippen LogP contribution in [0.3, 0.4) is 0 Å². The van der Waals surface area contributed by atoms with Crippen molar-refractivity contribution in [3.05, 3.63) is 29.3 Å². The number of carboxylic acids is 1. The van der Waals surface area contributed by atoms with Crippen LogP contribution in [0.5, 0.6) is 0 Å². The fraction of sp³-hybridized carbons (Fsp3) is 0.500. The van der Waals surface area contributed by atoms with Gasteiger partial charge in [-0.3, -0.25) is 43.8 Å². The summed E-state index contributed by atoms with van der Waals surface area (Å²) in [4.78, 5) is 95.8. The number of hydrogen-bond donors (Lipinski definition) is 3. The zero-order valence-electron chi connectivity index (χ0n) is 23.4. The molecule has 1 fully saturated rings. The molecule has 1 atom stereocenters. The van der Waals surface area contributed by atoms with E-state index in [2.05, 4.69) is 10.6 Å². The van der Waals surface area contributed by atoms with E-state index in [1.54, 1.807) is 0 Å². The van der Waals surface area contributed by atoms with Gasteiger partial charge in [-0.2, -0.15) is 0 Å². The third kappa shape index (κ3) is 9.51. The molecule has 3 rings (SSSR count). The van der Waals surface area contributed by atoms with Gasteiger partial charge in [0.1, 0.15) is 12.6 Å². The first-order valence-electron chi connectivity index (χ1n) is 13.8. The van der Waals surface area contributed by atoms with Gasteiger partial charge in [-0.1, -0.05) is 12.5 Å². The van der Waals surface area contributed by atoms with Gasteiger partial charge in [-0.05, 0) is 31.4 Å². The highest BCUT2D eigenvalue weighted by Gasteiger charge is 2.45. The van der Waals surface area contributed by atoms with Gasteiger partial charge >= 0.3 is 11.9 Å². The highest BCUT2D eigenvalue weighted by atomic mass is 16.6. The number of esters is 1. The lowest BCUT2D eigenvalue weighted by molar-refractivity contribution is -0.151. The molecule has 5 amide bonds. The fourth-order valence-electron chi connectivity index (χ4n) is 4.43. The van der Waals surface area contributed by atoms with Crippen molar-refractivity contribution in [1.29, 1.82) is 0 Å². The van der Waals surface area contributed by atoms with Crippen LogP contribution in [0.25, 0.3) is 0 Å². The minimum Gasteiger partial charge on any atom is -0.476 e. The summed E-state index contributed by atoms with van der Waals surface area (Å²) < 4.78 is 15.5. The average Bonchev–Trinajstić information content (AvgIpc) is 3.22. The first kappa shape index (κ1) is 33.0. The molecule has 2 heterocycles. The van der Waals surface area contributed by atoms with Gasteiger partial charge in [0.25, 0.3) is 11.8 Å². The molecule has 2 aliphatic rings. The normalized spacial score (nSPS) is 16.1. The van der Waals surface area contributed by atoms with Gasteiger partial charge in [-0.25, -0.2) is 4.79 Å². The first-order valence-corrected chi connectivity index (χ1v) is 13.8. The lowest BCUT2D eigenvalue weighted by Gasteiger charge is -2.27. The number of imide groups is 2. The van der Waals surface area contributed by atoms with Crippen LogP contribution in [0.1, 0.15) is 72.1 Å². The number of piperidine rings is 1. The molecule has 0 radical (unpaired) electrons. The van der Waals surface area contributed by atoms with E-state index < -0.39 is 53.8 Å². The Hall–Kier alpha value is -4.50. The molecule has 2 aliphatic heterocycles. The van der Waals surface area contributed by atoms with Crippen molar-refractivity contribution in [3.63, 3.8) is 0 Å². The van der Waals surface area contributed by atoms with Crippen molar-refractivity contribution in [2.75, 3.05) is 38.4 Å². The summed E-state index contributed by atoms with van der Waals surface area (Å²) in [7, 11) is 0. The number of anilines is 1. The van der Waals surface area contributed by atoms with Gasteiger partial charge in [0, 0.05) is 25.9 Å². The van der Waals surface area contributed by atoms with E-state index in [9.17, 15) is 38.4 Å². The number of rotatable bonds is 18. The largest absolute Gasteiger partial charge is 0.476 e. The van der Waals surface area contributed by atoms with Crippen molar-refractivity contribution >= 4 is 52.9 Å². The van der Waals surface area contributed by atoms with Gasteiger partial charge < -0.3 is 24.6 Å². The molecular formula is C28H33N3O12. The van der Waals surface area contributed by atoms with E-state index in [0.29, 0.717) is 32.5 Å². The number of nitrogens with zero attached hydrogens (tertiary/aromatic N) is 1. The van der Waals surface area contributed by atoms with Crippen LogP contribution in [0.15, 0.2) is 18.2 Å². The molecule has 1 unspecified atom stereocenters. The number of aliphatic carboxylic acids is 1. The molecule has 3 N–H and O–H groups in total. The molecule has 43 heavy (non-hydrogen) atoms. The number of carbonyl (C=O) groups excluding carboxylic acids is 7. The highest BCUT2D eigenvalue weighted by molar-refractivity contribution is 6.32. The third-order valence-electron chi connectivity index (χ3n) is 6.59.